The lowest BCUT2D eigenvalue weighted by molar-refractivity contribution is -0.129. The van der Waals surface area contributed by atoms with E-state index in [1.54, 1.807) is 12.1 Å². The zero-order chi connectivity index (χ0) is 23.7. The second-order valence-electron chi connectivity index (χ2n) is 8.63. The van der Waals surface area contributed by atoms with Crippen molar-refractivity contribution in [2.45, 2.75) is 17.4 Å². The van der Waals surface area contributed by atoms with E-state index in [4.69, 9.17) is 0 Å². The summed E-state index contributed by atoms with van der Waals surface area (Å²) < 4.78 is 27.8. The lowest BCUT2D eigenvalue weighted by atomic mass is 10.1. The second kappa shape index (κ2) is 9.17. The topological polar surface area (TPSA) is 90.0 Å². The number of nitrogens with zero attached hydrogens (tertiary/aromatic N) is 3. The zero-order valence-corrected chi connectivity index (χ0v) is 19.4. The van der Waals surface area contributed by atoms with Crippen molar-refractivity contribution in [2.24, 2.45) is 0 Å². The van der Waals surface area contributed by atoms with Crippen LogP contribution in [0.25, 0.3) is 10.8 Å². The Morgan fingerprint density at radius 2 is 1.50 bits per heavy atom. The summed E-state index contributed by atoms with van der Waals surface area (Å²) in [6.07, 6.45) is 0.444. The molecule has 9 heteroatoms. The van der Waals surface area contributed by atoms with E-state index in [9.17, 15) is 18.0 Å². The molecule has 0 aromatic heterocycles. The minimum Gasteiger partial charge on any atom is -0.325 e. The van der Waals surface area contributed by atoms with E-state index in [-0.39, 0.29) is 17.5 Å². The van der Waals surface area contributed by atoms with E-state index in [1.807, 2.05) is 65.6 Å². The van der Waals surface area contributed by atoms with Crippen LogP contribution in [-0.2, 0) is 21.2 Å². The molecule has 176 valence electrons. The Morgan fingerprint density at radius 3 is 2.24 bits per heavy atom. The van der Waals surface area contributed by atoms with Crippen LogP contribution in [0.15, 0.2) is 77.7 Å². The number of amides is 3. The Balaban J connectivity index is 1.20. The first-order chi connectivity index (χ1) is 16.4. The van der Waals surface area contributed by atoms with Gasteiger partial charge in [-0.3, -0.25) is 9.69 Å². The molecule has 2 fully saturated rings. The van der Waals surface area contributed by atoms with E-state index in [0.717, 1.165) is 16.3 Å². The van der Waals surface area contributed by atoms with Crippen molar-refractivity contribution in [2.75, 3.05) is 32.8 Å². The minimum absolute atomic E-state index is 0.153. The number of hydrogen-bond acceptors (Lipinski definition) is 5. The maximum absolute atomic E-state index is 13.2. The Labute approximate surface area is 198 Å². The van der Waals surface area contributed by atoms with Crippen LogP contribution in [0.4, 0.5) is 4.79 Å². The van der Waals surface area contributed by atoms with Crippen molar-refractivity contribution in [3.63, 3.8) is 0 Å². The Hall–Kier alpha value is -3.27. The van der Waals surface area contributed by atoms with Gasteiger partial charge in [-0.25, -0.2) is 18.1 Å². The number of carbonyl (C=O) groups excluding carboxylic acids is 2. The van der Waals surface area contributed by atoms with Gasteiger partial charge in [-0.15, -0.1) is 0 Å². The Morgan fingerprint density at radius 1 is 0.824 bits per heavy atom. The molecule has 3 aromatic carbocycles. The average molecular weight is 479 g/mol. The fourth-order valence-electron chi connectivity index (χ4n) is 4.49. The van der Waals surface area contributed by atoms with Crippen molar-refractivity contribution in [3.05, 3.63) is 78.4 Å². The number of sulfonamides is 1. The largest absolute Gasteiger partial charge is 0.325 e. The van der Waals surface area contributed by atoms with Crippen molar-refractivity contribution in [1.29, 1.82) is 0 Å². The van der Waals surface area contributed by atoms with Crippen molar-refractivity contribution >= 4 is 32.7 Å². The summed E-state index contributed by atoms with van der Waals surface area (Å²) in [6.45, 7) is 1.62. The highest BCUT2D eigenvalue weighted by atomic mass is 32.2. The van der Waals surface area contributed by atoms with Gasteiger partial charge in [-0.2, -0.15) is 4.31 Å². The van der Waals surface area contributed by atoms with Crippen LogP contribution >= 0.6 is 0 Å². The third-order valence-corrected chi connectivity index (χ3v) is 8.32. The van der Waals surface area contributed by atoms with Gasteiger partial charge in [0.05, 0.1) is 11.6 Å². The summed E-state index contributed by atoms with van der Waals surface area (Å²) in [6, 6.07) is 21.4. The fraction of sp³-hybridized carbons (Fsp3) is 0.280. The number of piperazine rings is 1. The molecule has 3 amide bonds. The Kier molecular flexibility index (Phi) is 6.07. The van der Waals surface area contributed by atoms with Gasteiger partial charge in [0, 0.05) is 32.6 Å². The molecule has 5 rings (SSSR count). The van der Waals surface area contributed by atoms with E-state index in [1.165, 1.54) is 9.21 Å². The highest BCUT2D eigenvalue weighted by Gasteiger charge is 2.39. The van der Waals surface area contributed by atoms with E-state index < -0.39 is 22.1 Å². The van der Waals surface area contributed by atoms with Gasteiger partial charge in [-0.1, -0.05) is 60.7 Å². The van der Waals surface area contributed by atoms with Crippen LogP contribution < -0.4 is 5.32 Å². The molecule has 2 aliphatic heterocycles. The number of urea groups is 1. The van der Waals surface area contributed by atoms with E-state index in [2.05, 4.69) is 5.32 Å². The van der Waals surface area contributed by atoms with Gasteiger partial charge in [0.1, 0.15) is 6.04 Å². The van der Waals surface area contributed by atoms with Gasteiger partial charge in [-0.05, 0) is 28.5 Å². The van der Waals surface area contributed by atoms with E-state index in [0.29, 0.717) is 32.6 Å². The number of nitrogens with one attached hydrogen (secondary N) is 1. The first kappa shape index (κ1) is 22.5. The molecule has 0 radical (unpaired) electrons. The number of carbonyl (C=O) groups is 2. The molecule has 0 bridgehead atoms. The summed E-state index contributed by atoms with van der Waals surface area (Å²) in [5.74, 6) is -0.250. The smallest absolute Gasteiger partial charge is 0.325 e. The first-order valence-corrected chi connectivity index (χ1v) is 12.7. The molecule has 8 nitrogen and oxygen atoms in total. The van der Waals surface area contributed by atoms with Crippen LogP contribution in [0.5, 0.6) is 0 Å². The van der Waals surface area contributed by atoms with Gasteiger partial charge in [0.15, 0.2) is 0 Å². The van der Waals surface area contributed by atoms with Crippen molar-refractivity contribution in [3.8, 4) is 0 Å². The molecule has 0 saturated carbocycles. The summed E-state index contributed by atoms with van der Waals surface area (Å²) in [5, 5.41) is 4.64. The standard InChI is InChI=1S/C25H26N4O4S/c30-24-23(16-19-6-2-1-3-7-19)26-25(31)29(24)18-27-12-14-28(15-13-27)34(32,33)22-11-10-20-8-4-5-9-21(20)17-22/h1-11,17,23H,12-16,18H2,(H,26,31)/t23-/m0/s1. The molecule has 2 aliphatic rings. The highest BCUT2D eigenvalue weighted by Crippen LogP contribution is 2.23. The van der Waals surface area contributed by atoms with Gasteiger partial charge in [0.25, 0.3) is 5.91 Å². The second-order valence-corrected chi connectivity index (χ2v) is 10.6. The zero-order valence-electron chi connectivity index (χ0n) is 18.6. The number of rotatable bonds is 6. The predicted molar refractivity (Wildman–Crippen MR) is 128 cm³/mol. The maximum atomic E-state index is 13.2. The third kappa shape index (κ3) is 4.42. The average Bonchev–Trinajstić information content (AvgIpc) is 3.12. The van der Waals surface area contributed by atoms with Crippen molar-refractivity contribution in [1.82, 2.24) is 19.4 Å². The van der Waals surface area contributed by atoms with E-state index >= 15 is 0 Å². The molecule has 0 spiro atoms. The van der Waals surface area contributed by atoms with Gasteiger partial charge >= 0.3 is 6.03 Å². The summed E-state index contributed by atoms with van der Waals surface area (Å²) in [5.41, 5.74) is 0.982. The molecule has 1 atom stereocenters. The molecular weight excluding hydrogens is 452 g/mol. The van der Waals surface area contributed by atoms with Gasteiger partial charge < -0.3 is 5.32 Å². The SMILES string of the molecule is O=C1N[C@@H](Cc2ccccc2)C(=O)N1CN1CCN(S(=O)(=O)c2ccc3ccccc3c2)CC1. The fourth-order valence-corrected chi connectivity index (χ4v) is 5.95. The molecule has 34 heavy (non-hydrogen) atoms. The molecule has 0 unspecified atom stereocenters. The van der Waals surface area contributed by atoms with Crippen LogP contribution in [0.3, 0.4) is 0 Å². The normalized spacial score (nSPS) is 20.1. The number of hydrogen-bond donors (Lipinski definition) is 1. The van der Waals surface area contributed by atoms with Gasteiger partial charge in [0.2, 0.25) is 10.0 Å². The highest BCUT2D eigenvalue weighted by molar-refractivity contribution is 7.89. The maximum Gasteiger partial charge on any atom is 0.325 e. The summed E-state index contributed by atoms with van der Waals surface area (Å²) in [7, 11) is -3.62. The Bertz CT molecular complexity index is 1320. The van der Waals surface area contributed by atoms with Crippen LogP contribution in [0, 0.1) is 0 Å². The lowest BCUT2D eigenvalue weighted by Crippen LogP contribution is -2.52. The summed E-state index contributed by atoms with van der Waals surface area (Å²) in [4.78, 5) is 28.7. The number of benzene rings is 3. The number of imide groups is 1. The molecule has 0 aliphatic carbocycles. The predicted octanol–water partition coefficient (Wildman–Crippen LogP) is 2.27. The third-order valence-electron chi connectivity index (χ3n) is 6.42. The molecule has 2 saturated heterocycles. The quantitative estimate of drug-likeness (QED) is 0.549. The molecule has 2 heterocycles. The minimum atomic E-state index is -3.62. The molecule has 1 N–H and O–H groups in total. The number of fused-ring (bicyclic) bond motifs is 1. The summed E-state index contributed by atoms with van der Waals surface area (Å²) >= 11 is 0. The first-order valence-electron chi connectivity index (χ1n) is 11.3. The lowest BCUT2D eigenvalue weighted by Gasteiger charge is -2.35. The van der Waals surface area contributed by atoms with Crippen molar-refractivity contribution < 1.29 is 18.0 Å². The van der Waals surface area contributed by atoms with Crippen LogP contribution in [0.1, 0.15) is 5.56 Å². The van der Waals surface area contributed by atoms with Crippen LogP contribution in [0.2, 0.25) is 0 Å². The molecule has 3 aromatic rings. The molecular formula is C25H26N4O4S. The monoisotopic (exact) mass is 478 g/mol. The van der Waals surface area contributed by atoms with Crippen LogP contribution in [-0.4, -0.2) is 73.4 Å².